The Labute approximate surface area is 754 Å². The Morgan fingerprint density at radius 2 is 0.635 bits per heavy atom. The van der Waals surface area contributed by atoms with Crippen molar-refractivity contribution in [2.24, 2.45) is 0 Å². The van der Waals surface area contributed by atoms with Gasteiger partial charge in [-0.3, -0.25) is 49.8 Å². The first kappa shape index (κ1) is 111. The van der Waals surface area contributed by atoms with Crippen molar-refractivity contribution in [3.05, 3.63) is 322 Å². The van der Waals surface area contributed by atoms with E-state index in [9.17, 15) is 0 Å². The zero-order chi connectivity index (χ0) is 95.0. The van der Waals surface area contributed by atoms with Gasteiger partial charge in [-0.05, 0) is 260 Å². The average Bonchev–Trinajstić information content (AvgIpc) is 0.742. The Hall–Kier alpha value is -13.0. The molecular weight excluding hydrogens is 1550 g/mol. The summed E-state index contributed by atoms with van der Waals surface area (Å²) in [6, 6.07) is 46.6. The monoisotopic (exact) mass is 1690 g/mol. The van der Waals surface area contributed by atoms with Crippen LogP contribution in [0.2, 0.25) is 0 Å². The van der Waals surface area contributed by atoms with E-state index in [0.29, 0.717) is 0 Å². The van der Waals surface area contributed by atoms with Crippen molar-refractivity contribution in [2.75, 3.05) is 0 Å². The second kappa shape index (κ2) is 62.2. The Bertz CT molecular complexity index is 5330. The summed E-state index contributed by atoms with van der Waals surface area (Å²) in [5.74, 6) is 0.839. The van der Waals surface area contributed by atoms with E-state index in [-0.39, 0.29) is 0 Å². The summed E-state index contributed by atoms with van der Waals surface area (Å²) < 4.78 is 0. The van der Waals surface area contributed by atoms with Gasteiger partial charge in [0.25, 0.3) is 0 Å². The van der Waals surface area contributed by atoms with Crippen LogP contribution in [-0.4, -0.2) is 89.7 Å². The number of fused-ring (bicyclic) bond motifs is 9. The molecule has 0 fully saturated rings. The van der Waals surface area contributed by atoms with Crippen LogP contribution >= 0.6 is 0 Å². The van der Waals surface area contributed by atoms with Gasteiger partial charge >= 0.3 is 0 Å². The quantitative estimate of drug-likeness (QED) is 0.137. The molecule has 0 spiro atoms. The number of benzene rings is 4. The minimum Gasteiger partial charge on any atom is -0.264 e. The molecule has 0 unspecified atom stereocenters. The molecule has 0 aliphatic rings. The van der Waals surface area contributed by atoms with E-state index in [4.69, 9.17) is 0 Å². The van der Waals surface area contributed by atoms with Crippen molar-refractivity contribution in [3.63, 3.8) is 0 Å². The molecule has 0 saturated heterocycles. The van der Waals surface area contributed by atoms with Crippen molar-refractivity contribution in [1.29, 1.82) is 0 Å². The van der Waals surface area contributed by atoms with Crippen LogP contribution in [-0.2, 0) is 0 Å². The number of para-hydroxylation sites is 1. The lowest BCUT2D eigenvalue weighted by molar-refractivity contribution is 1.05. The predicted molar refractivity (Wildman–Crippen MR) is 543 cm³/mol. The molecule has 0 N–H and O–H groups in total. The largest absolute Gasteiger partial charge is 0.264 e. The smallest absolute Gasteiger partial charge is 0.159 e. The predicted octanol–water partition coefficient (Wildman–Crippen LogP) is 29.5. The number of hydrogen-bond donors (Lipinski definition) is 0. The highest BCUT2D eigenvalue weighted by atomic mass is 14.9. The van der Waals surface area contributed by atoms with Crippen LogP contribution in [0.5, 0.6) is 0 Å². The Morgan fingerprint density at radius 1 is 0.198 bits per heavy atom. The maximum atomic E-state index is 4.37. The van der Waals surface area contributed by atoms with Crippen LogP contribution in [0.25, 0.3) is 98.1 Å². The van der Waals surface area contributed by atoms with Gasteiger partial charge in [-0.2, -0.15) is 0 Å². The SMILES string of the molecule is CC.CC.CC.CC.CC.CC.CC.CC.CC.Cc1cc(C)c2cccnc2n1.Cc1cc2cccnc2c(C)n1.Cc1cc2ccncc2c(C)n1.Cc1cc2cnccc2c(C)n1.Cc1cc2ncccc2c(C)n1.Cc1ccc2cncnc2c1C.Cc1ccc2nccnc2c1C.Cc1ccc2ncncc2c1C.Cc1nc(C)c2ccccc2n1. The van der Waals surface area contributed by atoms with Crippen molar-refractivity contribution in [1.82, 2.24) is 89.7 Å². The van der Waals surface area contributed by atoms with E-state index in [0.717, 1.165) is 139 Å². The lowest BCUT2D eigenvalue weighted by atomic mass is 10.1. The summed E-state index contributed by atoms with van der Waals surface area (Å²) >= 11 is 0. The molecule has 0 atom stereocenters. The first-order valence-electron chi connectivity index (χ1n) is 44.6. The lowest BCUT2D eigenvalue weighted by Gasteiger charge is -2.02. The van der Waals surface area contributed by atoms with Gasteiger partial charge in [0.05, 0.1) is 44.3 Å². The third-order valence-electron chi connectivity index (χ3n) is 18.1. The lowest BCUT2D eigenvalue weighted by Crippen LogP contribution is -1.92. The van der Waals surface area contributed by atoms with Gasteiger partial charge in [0.2, 0.25) is 0 Å². The number of rotatable bonds is 0. The molecule has 14 heterocycles. The topological polar surface area (TPSA) is 232 Å². The fraction of sp³-hybridized carbons (Fsp3) is 0.333. The number of nitrogens with zero attached hydrogens (tertiary/aromatic N) is 18. The van der Waals surface area contributed by atoms with Crippen LogP contribution < -0.4 is 0 Å². The molecule has 0 saturated carbocycles. The highest BCUT2D eigenvalue weighted by molar-refractivity contribution is 5.87. The number of hydrogen-bond acceptors (Lipinski definition) is 18. The zero-order valence-corrected chi connectivity index (χ0v) is 82.8. The van der Waals surface area contributed by atoms with Crippen molar-refractivity contribution < 1.29 is 0 Å². The molecule has 0 bridgehead atoms. The Balaban J connectivity index is 0.000000692. The first-order valence-corrected chi connectivity index (χ1v) is 44.6. The van der Waals surface area contributed by atoms with E-state index >= 15 is 0 Å². The number of pyridine rings is 10. The maximum absolute atomic E-state index is 4.37. The summed E-state index contributed by atoms with van der Waals surface area (Å²) in [5.41, 5.74) is 27.2. The van der Waals surface area contributed by atoms with Gasteiger partial charge in [-0.15, -0.1) is 0 Å². The van der Waals surface area contributed by atoms with Crippen LogP contribution in [0.3, 0.4) is 0 Å². The van der Waals surface area contributed by atoms with Gasteiger partial charge in [-0.25, -0.2) is 39.9 Å². The molecule has 4 aromatic carbocycles. The molecule has 14 aromatic heterocycles. The first-order chi connectivity index (χ1) is 61.0. The molecule has 18 heteroatoms. The molecule has 0 radical (unpaired) electrons. The highest BCUT2D eigenvalue weighted by Crippen LogP contribution is 2.24. The fourth-order valence-electron chi connectivity index (χ4n) is 12.3. The second-order valence-electron chi connectivity index (χ2n) is 26.4. The van der Waals surface area contributed by atoms with Gasteiger partial charge in [0, 0.05) is 168 Å². The van der Waals surface area contributed by atoms with E-state index in [2.05, 4.69) is 193 Å². The van der Waals surface area contributed by atoms with Gasteiger partial charge in [0.15, 0.2) is 5.65 Å². The van der Waals surface area contributed by atoms with Crippen molar-refractivity contribution in [2.45, 2.75) is 249 Å². The Morgan fingerprint density at radius 3 is 1.29 bits per heavy atom. The maximum Gasteiger partial charge on any atom is 0.159 e. The van der Waals surface area contributed by atoms with E-state index in [1.807, 2.05) is 311 Å². The molecule has 0 aliphatic carbocycles. The third kappa shape index (κ3) is 34.6. The van der Waals surface area contributed by atoms with Crippen LogP contribution in [0, 0.1) is 125 Å². The number of aryl methyl sites for hydroxylation is 18. The summed E-state index contributed by atoms with van der Waals surface area (Å²) in [4.78, 5) is 76.1. The van der Waals surface area contributed by atoms with Crippen LogP contribution in [0.1, 0.15) is 226 Å². The van der Waals surface area contributed by atoms with Crippen molar-refractivity contribution >= 4 is 98.1 Å². The normalized spacial score (nSPS) is 9.43. The fourth-order valence-corrected chi connectivity index (χ4v) is 12.3. The van der Waals surface area contributed by atoms with E-state index < -0.39 is 0 Å². The summed E-state index contributed by atoms with van der Waals surface area (Å²) in [6.45, 7) is 72.6. The summed E-state index contributed by atoms with van der Waals surface area (Å²) in [6.07, 6.45) is 23.0. The minimum absolute atomic E-state index is 0.839. The third-order valence-corrected chi connectivity index (χ3v) is 18.1. The average molecular weight is 1690 g/mol. The van der Waals surface area contributed by atoms with Gasteiger partial charge in [-0.1, -0.05) is 173 Å². The van der Waals surface area contributed by atoms with Crippen LogP contribution in [0.4, 0.5) is 0 Å². The summed E-state index contributed by atoms with van der Waals surface area (Å²) in [7, 11) is 0. The van der Waals surface area contributed by atoms with E-state index in [1.54, 1.807) is 56.0 Å². The molecule has 18 aromatic rings. The summed E-state index contributed by atoms with van der Waals surface area (Å²) in [5, 5.41) is 11.6. The molecule has 18 nitrogen and oxygen atoms in total. The molecular formula is C108H144N18. The highest BCUT2D eigenvalue weighted by Gasteiger charge is 2.07. The second-order valence-corrected chi connectivity index (χ2v) is 26.4. The standard InChI is InChI=1S/9C10H10N2.9C2H6/c1-7-5-9-6-11-4-3-10(9)8(2)12-7;1-7-5-9-3-4-11-6-10(9)8(2)12-7;1-7-3-4-10-9(8(7)2)5-11-6-12-10;1-7-3-4-9-5-11-6-12-10(9)8(7)2;1-7-3-4-9-10(8(7)2)12-6-5-11-9;1-7-6-10-9(8(2)12-7)4-3-5-11-10;1-7-6-9-4-3-5-11-10(9)8(2)12-7;1-7-6-8(2)12-10-9(7)4-3-5-11-10;1-7-9-5-3-4-6-10(9)12-8(2)11-7;9*1-2/h9*3-6H,1-2H3;9*1-2H3. The van der Waals surface area contributed by atoms with Gasteiger partial charge < -0.3 is 0 Å². The zero-order valence-electron chi connectivity index (χ0n) is 82.8. The molecule has 126 heavy (non-hydrogen) atoms. The van der Waals surface area contributed by atoms with E-state index in [1.165, 1.54) is 60.5 Å². The number of aromatic nitrogens is 18. The van der Waals surface area contributed by atoms with Crippen molar-refractivity contribution in [3.8, 4) is 0 Å². The molecule has 666 valence electrons. The Kier molecular flexibility index (Phi) is 54.8. The molecule has 0 aliphatic heterocycles. The van der Waals surface area contributed by atoms with Crippen LogP contribution in [0.15, 0.2) is 220 Å². The minimum atomic E-state index is 0.839. The van der Waals surface area contributed by atoms with Gasteiger partial charge in [0.1, 0.15) is 18.5 Å². The molecule has 0 amide bonds. The molecule has 18 rings (SSSR count).